The quantitative estimate of drug-likeness (QED) is 0.542. The van der Waals surface area contributed by atoms with E-state index in [-0.39, 0.29) is 12.2 Å². The Kier molecular flexibility index (Phi) is 5.45. The van der Waals surface area contributed by atoms with Crippen molar-refractivity contribution in [3.63, 3.8) is 0 Å². The van der Waals surface area contributed by atoms with E-state index in [1.807, 2.05) is 37.3 Å². The summed E-state index contributed by atoms with van der Waals surface area (Å²) < 4.78 is 16.0. The molecule has 1 unspecified atom stereocenters. The second kappa shape index (κ2) is 7.94. The van der Waals surface area contributed by atoms with Crippen LogP contribution in [-0.2, 0) is 33.4 Å². The lowest BCUT2D eigenvalue weighted by Crippen LogP contribution is -2.58. The molecular weight excluding hydrogens is 400 g/mol. The predicted octanol–water partition coefficient (Wildman–Crippen LogP) is 2.94. The molecule has 4 rings (SSSR count). The van der Waals surface area contributed by atoms with E-state index in [2.05, 4.69) is 0 Å². The maximum atomic E-state index is 13.6. The van der Waals surface area contributed by atoms with Gasteiger partial charge in [0.05, 0.1) is 13.0 Å². The minimum absolute atomic E-state index is 0.0839. The van der Waals surface area contributed by atoms with Crippen LogP contribution in [0, 0.1) is 23.2 Å². The molecule has 0 N–H and O–H groups in total. The molecular formula is C24H26O7. The molecule has 1 aliphatic heterocycles. The molecule has 1 aromatic carbocycles. The summed E-state index contributed by atoms with van der Waals surface area (Å²) in [6.07, 6.45) is 1.16. The van der Waals surface area contributed by atoms with Gasteiger partial charge in [0, 0.05) is 30.8 Å². The van der Waals surface area contributed by atoms with Crippen molar-refractivity contribution in [3.05, 3.63) is 47.5 Å². The Hall–Kier alpha value is -2.96. The van der Waals surface area contributed by atoms with Gasteiger partial charge in [-0.15, -0.1) is 0 Å². The van der Waals surface area contributed by atoms with E-state index in [9.17, 15) is 19.2 Å². The number of Topliss-reactive ketones (excluding diaryl/α,β-unsaturated/α-hetero) is 1. The fraction of sp³-hybridized carbons (Fsp3) is 0.500. The summed E-state index contributed by atoms with van der Waals surface area (Å²) in [6.45, 7) is 3.13. The SMILES string of the molecule is COC(=O)[C@@H]1C[C@H](OC(C)=O)C(=O)[C@@H]2C3C[C@@H](c4ccccc4)OC(=O)C3=CC[C@]21C. The minimum atomic E-state index is -1.04. The molecule has 2 aliphatic carbocycles. The number of methoxy groups -OCH3 is 1. The van der Waals surface area contributed by atoms with Gasteiger partial charge in [-0.1, -0.05) is 43.3 Å². The summed E-state index contributed by atoms with van der Waals surface area (Å²) >= 11 is 0. The maximum Gasteiger partial charge on any atom is 0.334 e. The second-order valence-electron chi connectivity index (χ2n) is 8.81. The van der Waals surface area contributed by atoms with Gasteiger partial charge in [0.1, 0.15) is 6.10 Å². The number of benzene rings is 1. The average Bonchev–Trinajstić information content (AvgIpc) is 2.75. The first kappa shape index (κ1) is 21.3. The number of hydrogen-bond donors (Lipinski definition) is 0. The van der Waals surface area contributed by atoms with Gasteiger partial charge in [-0.2, -0.15) is 0 Å². The Morgan fingerprint density at radius 1 is 1.13 bits per heavy atom. The smallest absolute Gasteiger partial charge is 0.334 e. The Balaban J connectivity index is 1.76. The molecule has 31 heavy (non-hydrogen) atoms. The van der Waals surface area contributed by atoms with Crippen molar-refractivity contribution in [2.24, 2.45) is 23.2 Å². The summed E-state index contributed by atoms with van der Waals surface area (Å²) in [5.74, 6) is -3.42. The number of ketones is 1. The number of carbonyl (C=O) groups is 4. The Bertz CT molecular complexity index is 950. The van der Waals surface area contributed by atoms with Gasteiger partial charge in [-0.05, 0) is 23.8 Å². The van der Waals surface area contributed by atoms with E-state index < -0.39 is 53.3 Å². The largest absolute Gasteiger partial charge is 0.469 e. The van der Waals surface area contributed by atoms with E-state index in [0.29, 0.717) is 18.4 Å². The van der Waals surface area contributed by atoms with E-state index in [4.69, 9.17) is 14.2 Å². The summed E-state index contributed by atoms with van der Waals surface area (Å²) in [6, 6.07) is 9.39. The number of cyclic esters (lactones) is 1. The number of hydrogen-bond acceptors (Lipinski definition) is 7. The molecule has 7 nitrogen and oxygen atoms in total. The van der Waals surface area contributed by atoms with E-state index in [1.165, 1.54) is 14.0 Å². The predicted molar refractivity (Wildman–Crippen MR) is 108 cm³/mol. The second-order valence-corrected chi connectivity index (χ2v) is 8.81. The van der Waals surface area contributed by atoms with Crippen molar-refractivity contribution < 1.29 is 33.4 Å². The zero-order valence-electron chi connectivity index (χ0n) is 17.8. The standard InChI is InChI=1S/C24H26O7/c1-13(25)30-19-12-17(23(28)29-3)24(2)10-9-15-16(20(24)21(19)26)11-18(31-22(15)27)14-7-5-4-6-8-14/h4-9,16-20H,10-12H2,1-3H3/t16?,17-,18-,19-,20-,24-/m0/s1. The minimum Gasteiger partial charge on any atom is -0.469 e. The first-order chi connectivity index (χ1) is 14.8. The number of rotatable bonds is 3. The van der Waals surface area contributed by atoms with E-state index in [1.54, 1.807) is 6.08 Å². The topological polar surface area (TPSA) is 96.0 Å². The van der Waals surface area contributed by atoms with Crippen LogP contribution in [0.2, 0.25) is 0 Å². The van der Waals surface area contributed by atoms with Crippen molar-refractivity contribution in [1.82, 2.24) is 0 Å². The Morgan fingerprint density at radius 3 is 2.48 bits per heavy atom. The zero-order valence-corrected chi connectivity index (χ0v) is 17.8. The number of ether oxygens (including phenoxy) is 3. The van der Waals surface area contributed by atoms with Crippen molar-refractivity contribution in [3.8, 4) is 0 Å². The van der Waals surface area contributed by atoms with Crippen molar-refractivity contribution in [2.45, 2.75) is 45.3 Å². The maximum absolute atomic E-state index is 13.6. The first-order valence-electron chi connectivity index (χ1n) is 10.5. The highest BCUT2D eigenvalue weighted by Gasteiger charge is 2.61. The highest BCUT2D eigenvalue weighted by Crippen LogP contribution is 2.57. The third-order valence-corrected chi connectivity index (χ3v) is 7.06. The molecule has 7 heteroatoms. The molecule has 3 aliphatic rings. The van der Waals surface area contributed by atoms with Gasteiger partial charge < -0.3 is 14.2 Å². The summed E-state index contributed by atoms with van der Waals surface area (Å²) in [7, 11) is 1.31. The zero-order chi connectivity index (χ0) is 22.3. The Morgan fingerprint density at radius 2 is 1.84 bits per heavy atom. The molecule has 1 heterocycles. The molecule has 0 radical (unpaired) electrons. The summed E-state index contributed by atoms with van der Waals surface area (Å²) in [5.41, 5.74) is 0.579. The fourth-order valence-electron chi connectivity index (χ4n) is 5.59. The molecule has 164 valence electrons. The van der Waals surface area contributed by atoms with Crippen LogP contribution in [0.15, 0.2) is 42.0 Å². The molecule has 1 saturated heterocycles. The average molecular weight is 426 g/mol. The molecule has 1 aromatic rings. The molecule has 0 spiro atoms. The third kappa shape index (κ3) is 3.56. The van der Waals surface area contributed by atoms with Crippen LogP contribution in [-0.4, -0.2) is 36.9 Å². The van der Waals surface area contributed by atoms with Gasteiger partial charge in [-0.25, -0.2) is 4.79 Å². The lowest BCUT2D eigenvalue weighted by molar-refractivity contribution is -0.178. The molecule has 6 atom stereocenters. The molecule has 1 saturated carbocycles. The number of carbonyl (C=O) groups excluding carboxylic acids is 4. The molecule has 0 bridgehead atoms. The van der Waals surface area contributed by atoms with Crippen LogP contribution in [0.1, 0.15) is 44.8 Å². The lowest BCUT2D eigenvalue weighted by atomic mass is 9.50. The normalized spacial score (nSPS) is 34.5. The Labute approximate surface area is 180 Å². The molecule has 0 amide bonds. The van der Waals surface area contributed by atoms with Gasteiger partial charge >= 0.3 is 17.9 Å². The fourth-order valence-corrected chi connectivity index (χ4v) is 5.59. The number of fused-ring (bicyclic) bond motifs is 3. The van der Waals surface area contributed by atoms with E-state index >= 15 is 0 Å². The third-order valence-electron chi connectivity index (χ3n) is 7.06. The van der Waals surface area contributed by atoms with Crippen molar-refractivity contribution >= 4 is 23.7 Å². The lowest BCUT2D eigenvalue weighted by Gasteiger charge is -2.53. The highest BCUT2D eigenvalue weighted by molar-refractivity contribution is 5.96. The van der Waals surface area contributed by atoms with E-state index in [0.717, 1.165) is 5.56 Å². The van der Waals surface area contributed by atoms with Gasteiger partial charge in [0.15, 0.2) is 11.9 Å². The van der Waals surface area contributed by atoms with Crippen LogP contribution in [0.5, 0.6) is 0 Å². The summed E-state index contributed by atoms with van der Waals surface area (Å²) in [4.78, 5) is 50.7. The van der Waals surface area contributed by atoms with Gasteiger partial charge in [-0.3, -0.25) is 14.4 Å². The first-order valence-corrected chi connectivity index (χ1v) is 10.5. The van der Waals surface area contributed by atoms with Crippen LogP contribution in [0.25, 0.3) is 0 Å². The summed E-state index contributed by atoms with van der Waals surface area (Å²) in [5, 5.41) is 0. The van der Waals surface area contributed by atoms with Crippen LogP contribution >= 0.6 is 0 Å². The molecule has 2 fully saturated rings. The number of allylic oxidation sites excluding steroid dienone is 1. The van der Waals surface area contributed by atoms with Crippen LogP contribution < -0.4 is 0 Å². The van der Waals surface area contributed by atoms with Crippen LogP contribution in [0.3, 0.4) is 0 Å². The molecule has 0 aromatic heterocycles. The van der Waals surface area contributed by atoms with Crippen LogP contribution in [0.4, 0.5) is 0 Å². The van der Waals surface area contributed by atoms with Gasteiger partial charge in [0.25, 0.3) is 0 Å². The van der Waals surface area contributed by atoms with Crippen molar-refractivity contribution in [2.75, 3.05) is 7.11 Å². The van der Waals surface area contributed by atoms with Crippen molar-refractivity contribution in [1.29, 1.82) is 0 Å². The monoisotopic (exact) mass is 426 g/mol. The van der Waals surface area contributed by atoms with Gasteiger partial charge in [0.2, 0.25) is 0 Å². The highest BCUT2D eigenvalue weighted by atomic mass is 16.6. The number of esters is 3.